The van der Waals surface area contributed by atoms with Gasteiger partial charge in [-0.05, 0) is 56.2 Å². The molecule has 1 aromatic heterocycles. The molecule has 0 unspecified atom stereocenters. The topological polar surface area (TPSA) is 80.9 Å². The van der Waals surface area contributed by atoms with Crippen molar-refractivity contribution < 1.29 is 13.9 Å². The summed E-state index contributed by atoms with van der Waals surface area (Å²) in [5.41, 5.74) is 4.01. The van der Waals surface area contributed by atoms with Crippen LogP contribution in [0.15, 0.2) is 58.1 Å². The van der Waals surface area contributed by atoms with Gasteiger partial charge in [-0.2, -0.15) is 0 Å². The number of nitrogens with one attached hydrogen (secondary N) is 2. The number of guanidine groups is 1. The molecule has 1 heterocycles. The summed E-state index contributed by atoms with van der Waals surface area (Å²) in [6, 6.07) is 13.9. The number of ether oxygens (including phenoxy) is 2. The predicted molar refractivity (Wildman–Crippen MR) is 138 cm³/mol. The Morgan fingerprint density at radius 1 is 1.06 bits per heavy atom. The average molecular weight is 550 g/mol. The van der Waals surface area contributed by atoms with E-state index in [4.69, 9.17) is 13.9 Å². The number of oxazole rings is 1. The second kappa shape index (κ2) is 12.9. The lowest BCUT2D eigenvalue weighted by molar-refractivity contribution is 0.398. The Bertz CT molecular complexity index is 1000. The SMILES string of the molecule is CCNC(=NCc1coc(-c2ccc(C)cc2)n1)NCCc1cc(OC)ccc1OC.I. The lowest BCUT2D eigenvalue weighted by atomic mass is 10.1. The van der Waals surface area contributed by atoms with Crippen LogP contribution in [0.1, 0.15) is 23.7 Å². The van der Waals surface area contributed by atoms with Gasteiger partial charge in [0.25, 0.3) is 0 Å². The minimum Gasteiger partial charge on any atom is -0.497 e. The molecule has 2 aromatic carbocycles. The Labute approximate surface area is 206 Å². The van der Waals surface area contributed by atoms with Gasteiger partial charge in [-0.1, -0.05) is 17.7 Å². The Balaban J connectivity index is 0.00000363. The molecule has 0 saturated carbocycles. The first-order valence-corrected chi connectivity index (χ1v) is 10.4. The monoisotopic (exact) mass is 550 g/mol. The normalized spacial score (nSPS) is 10.9. The number of methoxy groups -OCH3 is 2. The van der Waals surface area contributed by atoms with Crippen LogP contribution in [0.2, 0.25) is 0 Å². The third kappa shape index (κ3) is 7.15. The summed E-state index contributed by atoms with van der Waals surface area (Å²) in [5.74, 6) is 2.99. The molecule has 7 nitrogen and oxygen atoms in total. The minimum absolute atomic E-state index is 0. The van der Waals surface area contributed by atoms with E-state index in [1.165, 1.54) is 5.56 Å². The second-order valence-corrected chi connectivity index (χ2v) is 7.06. The first-order chi connectivity index (χ1) is 15.1. The van der Waals surface area contributed by atoms with Crippen molar-refractivity contribution in [1.82, 2.24) is 15.6 Å². The number of aryl methyl sites for hydroxylation is 1. The summed E-state index contributed by atoms with van der Waals surface area (Å²) < 4.78 is 16.4. The molecule has 0 aliphatic rings. The number of nitrogens with zero attached hydrogens (tertiary/aromatic N) is 2. The number of benzene rings is 2. The van der Waals surface area contributed by atoms with Crippen LogP contribution in [0, 0.1) is 6.92 Å². The molecule has 32 heavy (non-hydrogen) atoms. The van der Waals surface area contributed by atoms with Gasteiger partial charge in [0, 0.05) is 18.7 Å². The van der Waals surface area contributed by atoms with Gasteiger partial charge in [0.05, 0.1) is 20.8 Å². The van der Waals surface area contributed by atoms with Crippen molar-refractivity contribution in [2.45, 2.75) is 26.8 Å². The molecular weight excluding hydrogens is 519 g/mol. The average Bonchev–Trinajstić information content (AvgIpc) is 3.27. The van der Waals surface area contributed by atoms with E-state index < -0.39 is 0 Å². The highest BCUT2D eigenvalue weighted by Crippen LogP contribution is 2.24. The quantitative estimate of drug-likeness (QED) is 0.231. The van der Waals surface area contributed by atoms with Gasteiger partial charge in [-0.15, -0.1) is 24.0 Å². The number of hydrogen-bond donors (Lipinski definition) is 2. The van der Waals surface area contributed by atoms with Crippen molar-refractivity contribution in [3.8, 4) is 23.0 Å². The van der Waals surface area contributed by atoms with Crippen LogP contribution in [0.3, 0.4) is 0 Å². The summed E-state index contributed by atoms with van der Waals surface area (Å²) >= 11 is 0. The first kappa shape index (κ1) is 25.5. The third-order valence-corrected chi connectivity index (χ3v) is 4.77. The molecule has 0 fully saturated rings. The lowest BCUT2D eigenvalue weighted by Crippen LogP contribution is -2.38. The Morgan fingerprint density at radius 2 is 1.84 bits per heavy atom. The fourth-order valence-corrected chi connectivity index (χ4v) is 3.10. The zero-order valence-electron chi connectivity index (χ0n) is 19.0. The highest BCUT2D eigenvalue weighted by atomic mass is 127. The maximum atomic E-state index is 5.62. The van der Waals surface area contributed by atoms with Crippen molar-refractivity contribution in [2.24, 2.45) is 4.99 Å². The van der Waals surface area contributed by atoms with Crippen LogP contribution < -0.4 is 20.1 Å². The number of aliphatic imine (C=N–C) groups is 1. The molecule has 0 bridgehead atoms. The first-order valence-electron chi connectivity index (χ1n) is 10.4. The van der Waals surface area contributed by atoms with Crippen LogP contribution in [-0.4, -0.2) is 38.3 Å². The van der Waals surface area contributed by atoms with Crippen LogP contribution in [0.25, 0.3) is 11.5 Å². The number of rotatable bonds is 9. The van der Waals surface area contributed by atoms with E-state index in [-0.39, 0.29) is 24.0 Å². The van der Waals surface area contributed by atoms with Gasteiger partial charge in [0.2, 0.25) is 5.89 Å². The predicted octanol–water partition coefficient (Wildman–Crippen LogP) is 4.58. The molecule has 0 aliphatic heterocycles. The van der Waals surface area contributed by atoms with E-state index in [2.05, 4.69) is 27.5 Å². The van der Waals surface area contributed by atoms with E-state index in [1.807, 2.05) is 49.4 Å². The zero-order chi connectivity index (χ0) is 22.1. The van der Waals surface area contributed by atoms with Gasteiger partial charge in [-0.3, -0.25) is 0 Å². The van der Waals surface area contributed by atoms with Crippen molar-refractivity contribution >= 4 is 29.9 Å². The molecule has 2 N–H and O–H groups in total. The molecule has 0 atom stereocenters. The van der Waals surface area contributed by atoms with E-state index in [1.54, 1.807) is 20.5 Å². The summed E-state index contributed by atoms with van der Waals surface area (Å²) in [5, 5.41) is 6.62. The molecule has 8 heteroatoms. The van der Waals surface area contributed by atoms with Crippen LogP contribution >= 0.6 is 24.0 Å². The van der Waals surface area contributed by atoms with Crippen molar-refractivity contribution in [3.05, 3.63) is 65.5 Å². The molecule has 3 aromatic rings. The number of hydrogen-bond acceptors (Lipinski definition) is 5. The standard InChI is InChI=1S/C24H30N4O3.HI/c1-5-25-24(26-13-12-19-14-21(29-3)10-11-22(19)30-4)27-15-20-16-31-23(28-20)18-8-6-17(2)7-9-18;/h6-11,14,16H,5,12-13,15H2,1-4H3,(H2,25,26,27);1H. The highest BCUT2D eigenvalue weighted by Gasteiger charge is 2.08. The zero-order valence-corrected chi connectivity index (χ0v) is 21.3. The van der Waals surface area contributed by atoms with E-state index in [0.717, 1.165) is 47.2 Å². The summed E-state index contributed by atoms with van der Waals surface area (Å²) in [6.07, 6.45) is 2.43. The van der Waals surface area contributed by atoms with Crippen LogP contribution in [-0.2, 0) is 13.0 Å². The lowest BCUT2D eigenvalue weighted by Gasteiger charge is -2.13. The minimum atomic E-state index is 0. The maximum absolute atomic E-state index is 5.62. The van der Waals surface area contributed by atoms with Crippen LogP contribution in [0.5, 0.6) is 11.5 Å². The fourth-order valence-electron chi connectivity index (χ4n) is 3.10. The summed E-state index contributed by atoms with van der Waals surface area (Å²) in [4.78, 5) is 9.18. The Kier molecular flexibility index (Phi) is 10.3. The summed E-state index contributed by atoms with van der Waals surface area (Å²) in [7, 11) is 3.33. The third-order valence-electron chi connectivity index (χ3n) is 4.77. The van der Waals surface area contributed by atoms with E-state index in [9.17, 15) is 0 Å². The molecule has 172 valence electrons. The fraction of sp³-hybridized carbons (Fsp3) is 0.333. The number of aromatic nitrogens is 1. The van der Waals surface area contributed by atoms with E-state index >= 15 is 0 Å². The van der Waals surface area contributed by atoms with Gasteiger partial charge >= 0.3 is 0 Å². The van der Waals surface area contributed by atoms with Gasteiger partial charge < -0.3 is 24.5 Å². The molecule has 0 aliphatic carbocycles. The van der Waals surface area contributed by atoms with Crippen molar-refractivity contribution in [2.75, 3.05) is 27.3 Å². The van der Waals surface area contributed by atoms with Crippen molar-refractivity contribution in [3.63, 3.8) is 0 Å². The largest absolute Gasteiger partial charge is 0.497 e. The number of halogens is 1. The van der Waals surface area contributed by atoms with Crippen molar-refractivity contribution in [1.29, 1.82) is 0 Å². The Morgan fingerprint density at radius 3 is 2.53 bits per heavy atom. The van der Waals surface area contributed by atoms with Gasteiger partial charge in [0.15, 0.2) is 5.96 Å². The van der Waals surface area contributed by atoms with Crippen LogP contribution in [0.4, 0.5) is 0 Å². The molecule has 3 rings (SSSR count). The van der Waals surface area contributed by atoms with Gasteiger partial charge in [-0.25, -0.2) is 9.98 Å². The highest BCUT2D eigenvalue weighted by molar-refractivity contribution is 14.0. The molecule has 0 amide bonds. The Hall–Kier alpha value is -2.75. The smallest absolute Gasteiger partial charge is 0.226 e. The maximum Gasteiger partial charge on any atom is 0.226 e. The molecule has 0 saturated heterocycles. The molecule has 0 radical (unpaired) electrons. The van der Waals surface area contributed by atoms with Gasteiger partial charge in [0.1, 0.15) is 23.5 Å². The second-order valence-electron chi connectivity index (χ2n) is 7.06. The summed E-state index contributed by atoms with van der Waals surface area (Å²) in [6.45, 7) is 5.98. The van der Waals surface area contributed by atoms with E-state index in [0.29, 0.717) is 19.0 Å². The molecule has 0 spiro atoms. The molecular formula is C24H31IN4O3.